The molecule has 1 fully saturated rings. The average Bonchev–Trinajstić information content (AvgIpc) is 2.58. The quantitative estimate of drug-likeness (QED) is 0.642. The number of hydrogen-bond donors (Lipinski definition) is 3. The third kappa shape index (κ3) is 3.20. The van der Waals surface area contributed by atoms with Crippen LogP contribution in [-0.4, -0.2) is 42.3 Å². The van der Waals surface area contributed by atoms with Gasteiger partial charge in [0.2, 0.25) is 5.91 Å². The Morgan fingerprint density at radius 3 is 2.56 bits per heavy atom. The number of nitrogens with two attached hydrogens (primary N) is 1. The second-order valence-electron chi connectivity index (χ2n) is 5.46. The maximum absolute atomic E-state index is 12.2. The lowest BCUT2D eigenvalue weighted by atomic mass is 9.84. The van der Waals surface area contributed by atoms with Crippen LogP contribution in [-0.2, 0) is 14.3 Å². The zero-order chi connectivity index (χ0) is 13.9. The largest absolute Gasteiger partial charge is 0.481 e. The number of carbonyl (C=O) groups excluding carboxylic acids is 1. The first-order valence-corrected chi connectivity index (χ1v) is 6.13. The van der Waals surface area contributed by atoms with Crippen LogP contribution in [0.3, 0.4) is 0 Å². The van der Waals surface area contributed by atoms with Gasteiger partial charge < -0.3 is 20.9 Å². The molecule has 0 aromatic carbocycles. The molecule has 1 rings (SSSR count). The van der Waals surface area contributed by atoms with E-state index in [2.05, 4.69) is 5.32 Å². The molecule has 4 N–H and O–H groups in total. The Hall–Kier alpha value is -1.14. The summed E-state index contributed by atoms with van der Waals surface area (Å²) in [6.45, 7) is 6.13. The van der Waals surface area contributed by atoms with Crippen LogP contribution in [0.15, 0.2) is 0 Å². The van der Waals surface area contributed by atoms with E-state index in [9.17, 15) is 9.59 Å². The number of hydrogen-bond acceptors (Lipinski definition) is 4. The highest BCUT2D eigenvalue weighted by Gasteiger charge is 2.45. The van der Waals surface area contributed by atoms with Crippen LogP contribution < -0.4 is 11.1 Å². The fraction of sp³-hybridized carbons (Fsp3) is 0.833. The molecule has 1 aliphatic heterocycles. The molecule has 1 saturated heterocycles. The Balaban J connectivity index is 2.69. The van der Waals surface area contributed by atoms with Crippen molar-refractivity contribution in [3.05, 3.63) is 0 Å². The monoisotopic (exact) mass is 258 g/mol. The Bertz CT molecular complexity index is 332. The molecule has 0 aliphatic carbocycles. The zero-order valence-electron chi connectivity index (χ0n) is 11.1. The number of ether oxygens (including phenoxy) is 1. The number of carboxylic acid groups (broad SMARTS) is 1. The van der Waals surface area contributed by atoms with Crippen molar-refractivity contribution in [3.8, 4) is 0 Å². The van der Waals surface area contributed by atoms with E-state index in [4.69, 9.17) is 15.6 Å². The summed E-state index contributed by atoms with van der Waals surface area (Å²) in [6, 6.07) is -0.741. The number of rotatable bonds is 5. The molecule has 0 bridgehead atoms. The molecule has 0 saturated carbocycles. The Morgan fingerprint density at radius 1 is 1.56 bits per heavy atom. The first-order chi connectivity index (χ1) is 8.27. The summed E-state index contributed by atoms with van der Waals surface area (Å²) in [5.74, 6) is -1.11. The van der Waals surface area contributed by atoms with Crippen molar-refractivity contribution in [1.82, 2.24) is 5.32 Å². The van der Waals surface area contributed by atoms with Gasteiger partial charge in [0.1, 0.15) is 0 Å². The predicted molar refractivity (Wildman–Crippen MR) is 65.9 cm³/mol. The molecule has 0 aromatic heterocycles. The fourth-order valence-corrected chi connectivity index (χ4v) is 1.90. The number of amides is 1. The molecule has 0 spiro atoms. The fourth-order valence-electron chi connectivity index (χ4n) is 1.90. The van der Waals surface area contributed by atoms with Gasteiger partial charge in [0, 0.05) is 12.1 Å². The van der Waals surface area contributed by atoms with Crippen LogP contribution in [0.4, 0.5) is 0 Å². The van der Waals surface area contributed by atoms with Gasteiger partial charge >= 0.3 is 5.97 Å². The molecule has 1 amide bonds. The minimum atomic E-state index is -0.925. The summed E-state index contributed by atoms with van der Waals surface area (Å²) in [5.41, 5.74) is 5.09. The van der Waals surface area contributed by atoms with Crippen molar-refractivity contribution in [1.29, 1.82) is 0 Å². The number of carboxylic acids is 1. The Labute approximate surface area is 107 Å². The molecule has 3 unspecified atom stereocenters. The topological polar surface area (TPSA) is 102 Å². The lowest BCUT2D eigenvalue weighted by Gasteiger charge is -2.29. The summed E-state index contributed by atoms with van der Waals surface area (Å²) in [4.78, 5) is 23.0. The van der Waals surface area contributed by atoms with Crippen LogP contribution in [0.1, 0.15) is 27.2 Å². The van der Waals surface area contributed by atoms with Gasteiger partial charge in [0.25, 0.3) is 0 Å². The van der Waals surface area contributed by atoms with Crippen LogP contribution in [0.2, 0.25) is 0 Å². The van der Waals surface area contributed by atoms with Crippen molar-refractivity contribution < 1.29 is 19.4 Å². The first-order valence-electron chi connectivity index (χ1n) is 6.13. The molecule has 0 aromatic rings. The molecule has 6 heteroatoms. The highest BCUT2D eigenvalue weighted by atomic mass is 16.5. The van der Waals surface area contributed by atoms with Gasteiger partial charge in [0.05, 0.1) is 25.0 Å². The van der Waals surface area contributed by atoms with Gasteiger partial charge in [-0.3, -0.25) is 9.59 Å². The van der Waals surface area contributed by atoms with E-state index >= 15 is 0 Å². The van der Waals surface area contributed by atoms with Crippen LogP contribution >= 0.6 is 0 Å². The van der Waals surface area contributed by atoms with Gasteiger partial charge in [-0.15, -0.1) is 0 Å². The number of carbonyl (C=O) groups is 2. The minimum absolute atomic E-state index is 0.0483. The van der Waals surface area contributed by atoms with Crippen molar-refractivity contribution in [2.24, 2.45) is 17.1 Å². The smallest absolute Gasteiger partial charge is 0.305 e. The molecular weight excluding hydrogens is 236 g/mol. The van der Waals surface area contributed by atoms with Crippen LogP contribution in [0.5, 0.6) is 0 Å². The maximum atomic E-state index is 12.2. The summed E-state index contributed by atoms with van der Waals surface area (Å²) in [5, 5.41) is 11.6. The Kier molecular flexibility index (Phi) is 4.70. The van der Waals surface area contributed by atoms with Gasteiger partial charge in [-0.25, -0.2) is 0 Å². The van der Waals surface area contributed by atoms with Gasteiger partial charge in [-0.2, -0.15) is 0 Å². The highest BCUT2D eigenvalue weighted by Crippen LogP contribution is 2.27. The van der Waals surface area contributed by atoms with Crippen LogP contribution in [0.25, 0.3) is 0 Å². The van der Waals surface area contributed by atoms with Gasteiger partial charge in [-0.05, 0) is 12.8 Å². The molecule has 6 nitrogen and oxygen atoms in total. The molecule has 3 atom stereocenters. The van der Waals surface area contributed by atoms with Crippen molar-refractivity contribution in [3.63, 3.8) is 0 Å². The zero-order valence-corrected chi connectivity index (χ0v) is 11.1. The molecule has 1 heterocycles. The van der Waals surface area contributed by atoms with Gasteiger partial charge in [0.15, 0.2) is 0 Å². The third-order valence-corrected chi connectivity index (χ3v) is 3.55. The predicted octanol–water partition coefficient (Wildman–Crippen LogP) is -0.0343. The minimum Gasteiger partial charge on any atom is -0.481 e. The average molecular weight is 258 g/mol. The molecule has 104 valence electrons. The van der Waals surface area contributed by atoms with E-state index in [1.165, 1.54) is 0 Å². The first kappa shape index (κ1) is 14.9. The van der Waals surface area contributed by atoms with Crippen molar-refractivity contribution in [2.45, 2.75) is 39.3 Å². The summed E-state index contributed by atoms with van der Waals surface area (Å²) < 4.78 is 5.21. The molecule has 18 heavy (non-hydrogen) atoms. The van der Waals surface area contributed by atoms with E-state index in [-0.39, 0.29) is 36.9 Å². The molecule has 1 aliphatic rings. The lowest BCUT2D eigenvalue weighted by Crippen LogP contribution is -2.53. The number of nitrogens with one attached hydrogen (secondary N) is 1. The second kappa shape index (κ2) is 5.67. The Morgan fingerprint density at radius 2 is 2.17 bits per heavy atom. The van der Waals surface area contributed by atoms with Gasteiger partial charge in [-0.1, -0.05) is 13.8 Å². The summed E-state index contributed by atoms with van der Waals surface area (Å²) in [6.07, 6.45) is -0.0877. The van der Waals surface area contributed by atoms with E-state index in [1.54, 1.807) is 6.92 Å². The molecular formula is C12H22N2O4. The van der Waals surface area contributed by atoms with E-state index in [1.807, 2.05) is 13.8 Å². The second-order valence-corrected chi connectivity index (χ2v) is 5.46. The maximum Gasteiger partial charge on any atom is 0.305 e. The van der Waals surface area contributed by atoms with E-state index in [0.717, 1.165) is 0 Å². The summed E-state index contributed by atoms with van der Waals surface area (Å²) in [7, 11) is 0. The SMILES string of the molecule is CC(C)C(CC(=O)O)NC(=O)C1(C)COCC1N. The summed E-state index contributed by atoms with van der Waals surface area (Å²) >= 11 is 0. The van der Waals surface area contributed by atoms with Crippen molar-refractivity contribution >= 4 is 11.9 Å². The third-order valence-electron chi connectivity index (χ3n) is 3.55. The van der Waals surface area contributed by atoms with E-state index in [0.29, 0.717) is 6.61 Å². The van der Waals surface area contributed by atoms with E-state index < -0.39 is 11.4 Å². The molecule has 0 radical (unpaired) electrons. The van der Waals surface area contributed by atoms with Crippen molar-refractivity contribution in [2.75, 3.05) is 13.2 Å². The lowest BCUT2D eigenvalue weighted by molar-refractivity contribution is -0.138. The van der Waals surface area contributed by atoms with Crippen LogP contribution in [0, 0.1) is 11.3 Å². The highest BCUT2D eigenvalue weighted by molar-refractivity contribution is 5.84. The number of aliphatic carboxylic acids is 1. The normalized spacial score (nSPS) is 29.3. The standard InChI is InChI=1S/C12H22N2O4/c1-7(2)8(4-10(15)16)14-11(17)12(3)6-18-5-9(12)13/h7-9H,4-6,13H2,1-3H3,(H,14,17)(H,15,16).